The molecule has 12 nitrogen and oxygen atoms in total. The van der Waals surface area contributed by atoms with Crippen LogP contribution in [0.4, 0.5) is 0 Å². The molecule has 0 saturated carbocycles. The first-order chi connectivity index (χ1) is 20.8. The van der Waals surface area contributed by atoms with Gasteiger partial charge in [-0.3, -0.25) is 0 Å². The van der Waals surface area contributed by atoms with Crippen molar-refractivity contribution in [1.29, 1.82) is 0 Å². The molecule has 2 N–H and O–H groups in total. The van der Waals surface area contributed by atoms with E-state index in [2.05, 4.69) is 0 Å². The Kier molecular flexibility index (Phi) is 17.7. The number of aliphatic hydroxyl groups is 2. The second-order valence-corrected chi connectivity index (χ2v) is 9.01. The van der Waals surface area contributed by atoms with Crippen molar-refractivity contribution >= 4 is 0 Å². The smallest absolute Gasteiger partial charge is 0.123 e. The highest BCUT2D eigenvalue weighted by molar-refractivity contribution is 5.39. The van der Waals surface area contributed by atoms with E-state index in [9.17, 15) is 10.2 Å². The van der Waals surface area contributed by atoms with Gasteiger partial charge in [0.25, 0.3) is 0 Å². The van der Waals surface area contributed by atoms with Gasteiger partial charge in [-0.1, -0.05) is 0 Å². The number of aliphatic hydroxyl groups excluding tert-OH is 2. The summed E-state index contributed by atoms with van der Waals surface area (Å²) in [5.41, 5.74) is 1.50. The summed E-state index contributed by atoms with van der Waals surface area (Å²) in [5.74, 6) is 2.63. The number of benzene rings is 2. The second-order valence-electron chi connectivity index (χ2n) is 9.01. The topological polar surface area (TPSA) is 133 Å². The molecule has 0 spiro atoms. The van der Waals surface area contributed by atoms with Crippen LogP contribution in [0.25, 0.3) is 0 Å². The quantitative estimate of drug-likeness (QED) is 0.526. The van der Waals surface area contributed by atoms with Crippen LogP contribution in [0.2, 0.25) is 0 Å². The monoisotopic (exact) mass is 596 g/mol. The van der Waals surface area contributed by atoms with Crippen LogP contribution in [0.1, 0.15) is 11.1 Å². The lowest BCUT2D eigenvalue weighted by atomic mass is 10.2. The number of hydrogen-bond acceptors (Lipinski definition) is 12. The Labute approximate surface area is 247 Å². The van der Waals surface area contributed by atoms with E-state index in [0.29, 0.717) is 129 Å². The van der Waals surface area contributed by atoms with Crippen LogP contribution in [-0.2, 0) is 41.6 Å². The zero-order valence-electron chi connectivity index (χ0n) is 24.2. The fourth-order valence-corrected chi connectivity index (χ4v) is 3.73. The normalized spacial score (nSPS) is 18.5. The van der Waals surface area contributed by atoms with E-state index in [0.717, 1.165) is 11.1 Å². The average Bonchev–Trinajstić information content (AvgIpc) is 3.01. The fraction of sp³-hybridized carbons (Fsp3) is 0.600. The van der Waals surface area contributed by atoms with Crippen LogP contribution < -0.4 is 18.9 Å². The van der Waals surface area contributed by atoms with Gasteiger partial charge in [-0.15, -0.1) is 0 Å². The molecule has 2 aliphatic heterocycles. The largest absolute Gasteiger partial charge is 0.491 e. The van der Waals surface area contributed by atoms with E-state index in [-0.39, 0.29) is 13.2 Å². The van der Waals surface area contributed by atoms with Crippen LogP contribution in [0.3, 0.4) is 0 Å². The Morgan fingerprint density at radius 3 is 0.762 bits per heavy atom. The maximum absolute atomic E-state index is 9.27. The van der Waals surface area contributed by atoms with E-state index in [1.807, 2.05) is 0 Å². The molecule has 42 heavy (non-hydrogen) atoms. The second kappa shape index (κ2) is 21.9. The Hall–Kier alpha value is -2.68. The van der Waals surface area contributed by atoms with Gasteiger partial charge in [0.1, 0.15) is 49.4 Å². The lowest BCUT2D eigenvalue weighted by Gasteiger charge is -2.13. The minimum absolute atomic E-state index is 0.0576. The van der Waals surface area contributed by atoms with E-state index in [4.69, 9.17) is 47.4 Å². The van der Waals surface area contributed by atoms with Crippen molar-refractivity contribution in [3.8, 4) is 23.0 Å². The Morgan fingerprint density at radius 1 is 0.333 bits per heavy atom. The van der Waals surface area contributed by atoms with Gasteiger partial charge >= 0.3 is 0 Å². The maximum Gasteiger partial charge on any atom is 0.123 e. The number of hydrogen-bond donors (Lipinski definition) is 2. The summed E-state index contributed by atoms with van der Waals surface area (Å²) in [6.45, 7) is 7.92. The molecule has 4 bridgehead atoms. The van der Waals surface area contributed by atoms with E-state index >= 15 is 0 Å². The SMILES string of the molecule is OCc1cc2cc(c1)OCCOCCOCCOCCO2.OCc1cc2cc(c1)OCCOCCOCCOCCO2. The predicted molar refractivity (Wildman–Crippen MR) is 152 cm³/mol. The van der Waals surface area contributed by atoms with Gasteiger partial charge in [0.15, 0.2) is 0 Å². The summed E-state index contributed by atoms with van der Waals surface area (Å²) in [6, 6.07) is 10.7. The number of rotatable bonds is 2. The lowest BCUT2D eigenvalue weighted by molar-refractivity contribution is 0.00431. The standard InChI is InChI=1S/2C15H22O6/c2*16-12-13-9-14-11-15(10-13)21-8-6-19-4-2-17-1-3-18-5-7-20-14/h2*9-11,16H,1-8,12H2. The van der Waals surface area contributed by atoms with E-state index in [1.165, 1.54) is 0 Å². The molecule has 4 rings (SSSR count). The van der Waals surface area contributed by atoms with Crippen LogP contribution in [0, 0.1) is 0 Å². The van der Waals surface area contributed by atoms with Crippen molar-refractivity contribution in [3.05, 3.63) is 47.5 Å². The Morgan fingerprint density at radius 2 is 0.548 bits per heavy atom. The number of ether oxygens (including phenoxy) is 10. The summed E-state index contributed by atoms with van der Waals surface area (Å²) >= 11 is 0. The zero-order valence-corrected chi connectivity index (χ0v) is 24.2. The molecule has 0 unspecified atom stereocenters. The summed E-state index contributed by atoms with van der Waals surface area (Å²) in [5, 5.41) is 18.5. The van der Waals surface area contributed by atoms with Crippen molar-refractivity contribution in [2.75, 3.05) is 106 Å². The molecule has 0 aliphatic carbocycles. The average molecular weight is 597 g/mol. The first-order valence-electron chi connectivity index (χ1n) is 14.2. The van der Waals surface area contributed by atoms with Crippen molar-refractivity contribution in [1.82, 2.24) is 0 Å². The highest BCUT2D eigenvalue weighted by atomic mass is 16.6. The molecule has 0 radical (unpaired) electrons. The Balaban J connectivity index is 0.000000230. The molecule has 0 amide bonds. The highest BCUT2D eigenvalue weighted by Crippen LogP contribution is 2.24. The molecule has 2 heterocycles. The summed E-state index contributed by atoms with van der Waals surface area (Å²) in [7, 11) is 0. The Bertz CT molecular complexity index is 831. The van der Waals surface area contributed by atoms with E-state index in [1.54, 1.807) is 36.4 Å². The summed E-state index contributed by atoms with van der Waals surface area (Å²) < 4.78 is 54.7. The summed E-state index contributed by atoms with van der Waals surface area (Å²) in [4.78, 5) is 0. The molecule has 0 fully saturated rings. The maximum atomic E-state index is 9.27. The van der Waals surface area contributed by atoms with Crippen molar-refractivity contribution in [2.45, 2.75) is 13.2 Å². The zero-order chi connectivity index (χ0) is 29.5. The van der Waals surface area contributed by atoms with Gasteiger partial charge in [-0.05, 0) is 35.4 Å². The van der Waals surface area contributed by atoms with Gasteiger partial charge in [-0.2, -0.15) is 0 Å². The minimum atomic E-state index is -0.0576. The molecule has 0 aromatic heterocycles. The lowest BCUT2D eigenvalue weighted by Crippen LogP contribution is -2.15. The molecule has 0 atom stereocenters. The fourth-order valence-electron chi connectivity index (χ4n) is 3.73. The van der Waals surface area contributed by atoms with Gasteiger partial charge in [0.05, 0.1) is 92.5 Å². The van der Waals surface area contributed by atoms with Gasteiger partial charge < -0.3 is 57.6 Å². The van der Waals surface area contributed by atoms with Crippen LogP contribution in [0.15, 0.2) is 36.4 Å². The molecule has 12 heteroatoms. The molecule has 236 valence electrons. The number of fused-ring (bicyclic) bond motifs is 4. The van der Waals surface area contributed by atoms with E-state index < -0.39 is 0 Å². The van der Waals surface area contributed by atoms with Crippen LogP contribution in [-0.4, -0.2) is 116 Å². The van der Waals surface area contributed by atoms with Gasteiger partial charge in [0, 0.05) is 12.1 Å². The van der Waals surface area contributed by atoms with Gasteiger partial charge in [0.2, 0.25) is 0 Å². The summed E-state index contributed by atoms with van der Waals surface area (Å²) in [6.07, 6.45) is 0. The first kappa shape index (κ1) is 33.8. The molecular formula is C30H44O12. The molecular weight excluding hydrogens is 552 g/mol. The third-order valence-electron chi connectivity index (χ3n) is 5.72. The molecule has 0 saturated heterocycles. The van der Waals surface area contributed by atoms with Crippen LogP contribution in [0.5, 0.6) is 23.0 Å². The third-order valence-corrected chi connectivity index (χ3v) is 5.72. The third kappa shape index (κ3) is 15.0. The predicted octanol–water partition coefficient (Wildman–Crippen LogP) is 2.00. The van der Waals surface area contributed by atoms with Gasteiger partial charge in [-0.25, -0.2) is 0 Å². The minimum Gasteiger partial charge on any atom is -0.491 e. The molecule has 2 aromatic carbocycles. The van der Waals surface area contributed by atoms with Crippen molar-refractivity contribution < 1.29 is 57.6 Å². The first-order valence-corrected chi connectivity index (χ1v) is 14.2. The highest BCUT2D eigenvalue weighted by Gasteiger charge is 2.06. The van der Waals surface area contributed by atoms with Crippen molar-refractivity contribution in [2.24, 2.45) is 0 Å². The van der Waals surface area contributed by atoms with Crippen molar-refractivity contribution in [3.63, 3.8) is 0 Å². The van der Waals surface area contributed by atoms with Crippen LogP contribution >= 0.6 is 0 Å². The molecule has 2 aromatic rings. The molecule has 2 aliphatic rings.